The molecule has 4 rings (SSSR count). The van der Waals surface area contributed by atoms with Crippen LogP contribution in [-0.2, 0) is 6.54 Å². The zero-order valence-electron chi connectivity index (χ0n) is 15.3. The number of rotatable bonds is 5. The molecule has 1 N–H and O–H groups in total. The minimum absolute atomic E-state index is 0.338. The highest BCUT2D eigenvalue weighted by molar-refractivity contribution is 7.08. The van der Waals surface area contributed by atoms with Gasteiger partial charge in [-0.25, -0.2) is 5.43 Å². The van der Waals surface area contributed by atoms with Crippen LogP contribution in [0.25, 0.3) is 22.2 Å². The van der Waals surface area contributed by atoms with Gasteiger partial charge >= 0.3 is 0 Å². The van der Waals surface area contributed by atoms with Crippen molar-refractivity contribution in [2.75, 3.05) is 0 Å². The van der Waals surface area contributed by atoms with Gasteiger partial charge in [0.05, 0.1) is 28.6 Å². The van der Waals surface area contributed by atoms with Crippen molar-refractivity contribution < 1.29 is 4.79 Å². The molecule has 2 heterocycles. The number of carbonyl (C=O) groups excluding carboxylic acids is 1. The van der Waals surface area contributed by atoms with E-state index in [4.69, 9.17) is 23.2 Å². The third kappa shape index (κ3) is 4.17. The number of fused-ring (bicyclic) bond motifs is 1. The largest absolute Gasteiger partial charge is 0.283 e. The lowest BCUT2D eigenvalue weighted by Crippen LogP contribution is -2.16. The SMILES string of the molecule is CCn1ncc2cc(C=NNC(=O)c3cc(-c4ccc(Cl)cc4Cl)ns3)ccc21. The first-order valence-corrected chi connectivity index (χ1v) is 10.3. The van der Waals surface area contributed by atoms with Gasteiger partial charge < -0.3 is 0 Å². The third-order valence-corrected chi connectivity index (χ3v) is 5.62. The number of hydrogen-bond acceptors (Lipinski definition) is 5. The summed E-state index contributed by atoms with van der Waals surface area (Å²) in [5.74, 6) is -0.338. The monoisotopic (exact) mass is 443 g/mol. The van der Waals surface area contributed by atoms with Gasteiger partial charge in [-0.15, -0.1) is 0 Å². The van der Waals surface area contributed by atoms with Crippen LogP contribution in [0.1, 0.15) is 22.2 Å². The van der Waals surface area contributed by atoms with Gasteiger partial charge in [0, 0.05) is 22.5 Å². The summed E-state index contributed by atoms with van der Waals surface area (Å²) in [6.07, 6.45) is 3.41. The van der Waals surface area contributed by atoms with Gasteiger partial charge in [0.1, 0.15) is 4.88 Å². The summed E-state index contributed by atoms with van der Waals surface area (Å²) in [4.78, 5) is 12.8. The maximum absolute atomic E-state index is 12.4. The van der Waals surface area contributed by atoms with Gasteiger partial charge in [0.2, 0.25) is 0 Å². The van der Waals surface area contributed by atoms with E-state index in [1.54, 1.807) is 30.5 Å². The van der Waals surface area contributed by atoms with Crippen molar-refractivity contribution in [3.63, 3.8) is 0 Å². The van der Waals surface area contributed by atoms with Crippen molar-refractivity contribution in [1.29, 1.82) is 0 Å². The van der Waals surface area contributed by atoms with Gasteiger partial charge in [0.15, 0.2) is 0 Å². The second-order valence-corrected chi connectivity index (χ2v) is 7.83. The molecule has 9 heteroatoms. The fourth-order valence-corrected chi connectivity index (χ4v) is 4.01. The minimum Gasteiger partial charge on any atom is -0.266 e. The predicted octanol–water partition coefficient (Wildman–Crippen LogP) is 5.25. The van der Waals surface area contributed by atoms with E-state index in [-0.39, 0.29) is 5.91 Å². The lowest BCUT2D eigenvalue weighted by molar-refractivity contribution is 0.0959. The van der Waals surface area contributed by atoms with Gasteiger partial charge in [0.25, 0.3) is 5.91 Å². The average Bonchev–Trinajstić information content (AvgIpc) is 3.34. The first kappa shape index (κ1) is 19.6. The second-order valence-electron chi connectivity index (χ2n) is 6.18. The highest BCUT2D eigenvalue weighted by Gasteiger charge is 2.13. The lowest BCUT2D eigenvalue weighted by atomic mass is 10.1. The van der Waals surface area contributed by atoms with Crippen LogP contribution in [0.4, 0.5) is 0 Å². The summed E-state index contributed by atoms with van der Waals surface area (Å²) in [5, 5.41) is 10.4. The number of aryl methyl sites for hydroxylation is 1. The quantitative estimate of drug-likeness (QED) is 0.338. The Balaban J connectivity index is 1.45. The van der Waals surface area contributed by atoms with E-state index in [2.05, 4.69) is 20.0 Å². The first-order chi connectivity index (χ1) is 14.0. The van der Waals surface area contributed by atoms with Gasteiger partial charge in [-0.3, -0.25) is 9.48 Å². The summed E-state index contributed by atoms with van der Waals surface area (Å²) < 4.78 is 6.22. The van der Waals surface area contributed by atoms with Crippen LogP contribution < -0.4 is 5.43 Å². The van der Waals surface area contributed by atoms with Crippen molar-refractivity contribution in [1.82, 2.24) is 19.6 Å². The molecule has 1 amide bonds. The Morgan fingerprint density at radius 3 is 2.90 bits per heavy atom. The Hall–Kier alpha value is -2.74. The van der Waals surface area contributed by atoms with E-state index in [9.17, 15) is 4.79 Å². The van der Waals surface area contributed by atoms with Crippen LogP contribution >= 0.6 is 34.7 Å². The van der Waals surface area contributed by atoms with Gasteiger partial charge in [-0.1, -0.05) is 29.3 Å². The van der Waals surface area contributed by atoms with Crippen molar-refractivity contribution in [3.05, 3.63) is 69.1 Å². The van der Waals surface area contributed by atoms with E-state index in [1.807, 2.05) is 36.0 Å². The van der Waals surface area contributed by atoms with Crippen molar-refractivity contribution in [2.45, 2.75) is 13.5 Å². The maximum Gasteiger partial charge on any atom is 0.283 e. The molecular formula is C20H15Cl2N5OS. The molecule has 0 fully saturated rings. The molecule has 0 saturated carbocycles. The Morgan fingerprint density at radius 1 is 1.24 bits per heavy atom. The molecule has 0 atom stereocenters. The maximum atomic E-state index is 12.4. The van der Waals surface area contributed by atoms with Gasteiger partial charge in [-0.05, 0) is 60.4 Å². The number of hydrogen-bond donors (Lipinski definition) is 1. The van der Waals surface area contributed by atoms with Crippen LogP contribution in [-0.4, -0.2) is 26.3 Å². The minimum atomic E-state index is -0.338. The Morgan fingerprint density at radius 2 is 2.10 bits per heavy atom. The molecule has 2 aromatic heterocycles. The fourth-order valence-electron chi connectivity index (χ4n) is 2.86. The number of aromatic nitrogens is 3. The number of hydrazone groups is 1. The Labute approximate surface area is 180 Å². The molecule has 29 heavy (non-hydrogen) atoms. The molecule has 0 aliphatic carbocycles. The van der Waals surface area contributed by atoms with Gasteiger partial charge in [-0.2, -0.15) is 14.6 Å². The smallest absolute Gasteiger partial charge is 0.266 e. The first-order valence-electron chi connectivity index (χ1n) is 8.76. The van der Waals surface area contributed by atoms with Crippen molar-refractivity contribution in [3.8, 4) is 11.3 Å². The Bertz CT molecular complexity index is 1230. The second kappa shape index (κ2) is 8.32. The van der Waals surface area contributed by atoms with E-state index in [0.717, 1.165) is 40.1 Å². The number of amides is 1. The highest BCUT2D eigenvalue weighted by atomic mass is 35.5. The zero-order chi connectivity index (χ0) is 20.4. The molecule has 0 aliphatic heterocycles. The van der Waals surface area contributed by atoms with E-state index in [0.29, 0.717) is 20.6 Å². The van der Waals surface area contributed by atoms with Crippen LogP contribution in [0.2, 0.25) is 10.0 Å². The zero-order valence-corrected chi connectivity index (χ0v) is 17.6. The number of nitrogens with one attached hydrogen (secondary N) is 1. The van der Waals surface area contributed by atoms with Crippen LogP contribution in [0.3, 0.4) is 0 Å². The normalized spacial score (nSPS) is 11.4. The summed E-state index contributed by atoms with van der Waals surface area (Å²) in [5.41, 5.74) is 5.79. The molecular weight excluding hydrogens is 429 g/mol. The average molecular weight is 444 g/mol. The topological polar surface area (TPSA) is 72.2 Å². The van der Waals surface area contributed by atoms with Crippen molar-refractivity contribution in [2.24, 2.45) is 5.10 Å². The predicted molar refractivity (Wildman–Crippen MR) is 118 cm³/mol. The van der Waals surface area contributed by atoms with E-state index in [1.165, 1.54) is 0 Å². The molecule has 0 radical (unpaired) electrons. The number of carbonyl (C=O) groups is 1. The molecule has 0 aliphatic rings. The summed E-state index contributed by atoms with van der Waals surface area (Å²) in [6.45, 7) is 2.86. The summed E-state index contributed by atoms with van der Waals surface area (Å²) in [6, 6.07) is 12.7. The van der Waals surface area contributed by atoms with E-state index >= 15 is 0 Å². The standard InChI is InChI=1S/C20H15Cl2N5OS/c1-2-27-18-6-3-12(7-13(18)11-24-27)10-23-25-20(28)19-9-17(26-29-19)15-5-4-14(21)8-16(15)22/h3-11H,2H2,1H3,(H,25,28). The number of nitrogens with zero attached hydrogens (tertiary/aromatic N) is 4. The lowest BCUT2D eigenvalue weighted by Gasteiger charge is -2.00. The molecule has 0 unspecified atom stereocenters. The molecule has 6 nitrogen and oxygen atoms in total. The molecule has 0 spiro atoms. The number of benzene rings is 2. The molecule has 4 aromatic rings. The fraction of sp³-hybridized carbons (Fsp3) is 0.100. The summed E-state index contributed by atoms with van der Waals surface area (Å²) in [7, 11) is 0. The number of halogens is 2. The molecule has 2 aromatic carbocycles. The molecule has 0 saturated heterocycles. The van der Waals surface area contributed by atoms with Crippen LogP contribution in [0.15, 0.2) is 53.8 Å². The highest BCUT2D eigenvalue weighted by Crippen LogP contribution is 2.31. The van der Waals surface area contributed by atoms with E-state index < -0.39 is 0 Å². The molecule has 0 bridgehead atoms. The third-order valence-electron chi connectivity index (χ3n) is 4.29. The van der Waals surface area contributed by atoms with Crippen LogP contribution in [0, 0.1) is 0 Å². The Kier molecular flexibility index (Phi) is 5.62. The van der Waals surface area contributed by atoms with Crippen molar-refractivity contribution >= 4 is 57.8 Å². The molecule has 146 valence electrons. The van der Waals surface area contributed by atoms with Crippen LogP contribution in [0.5, 0.6) is 0 Å². The summed E-state index contributed by atoms with van der Waals surface area (Å²) >= 11 is 13.2.